The number of carboxylic acids is 1. The van der Waals surface area contributed by atoms with Gasteiger partial charge in [-0.05, 0) is 47.9 Å². The summed E-state index contributed by atoms with van der Waals surface area (Å²) in [6, 6.07) is 17.3. The van der Waals surface area contributed by atoms with Crippen LogP contribution in [0.5, 0.6) is 17.2 Å². The first kappa shape index (κ1) is 22.0. The second-order valence-electron chi connectivity index (χ2n) is 7.98. The molecule has 2 unspecified atom stereocenters. The summed E-state index contributed by atoms with van der Waals surface area (Å²) in [6.45, 7) is 0.683. The molecule has 4 rings (SSSR count). The summed E-state index contributed by atoms with van der Waals surface area (Å²) < 4.78 is 17.0. The molecule has 3 aromatic rings. The van der Waals surface area contributed by atoms with Gasteiger partial charge in [-0.25, -0.2) is 0 Å². The highest BCUT2D eigenvalue weighted by Gasteiger charge is 2.37. The second kappa shape index (κ2) is 9.49. The summed E-state index contributed by atoms with van der Waals surface area (Å²) in [5.41, 5.74) is 1.90. The Hall–Kier alpha value is -3.25. The van der Waals surface area contributed by atoms with Crippen molar-refractivity contribution in [3.05, 3.63) is 65.7 Å². The Morgan fingerprint density at radius 3 is 2.38 bits per heavy atom. The summed E-state index contributed by atoms with van der Waals surface area (Å²) in [5, 5.41) is 12.3. The molecule has 0 spiro atoms. The molecule has 2 atom stereocenters. The molecule has 1 fully saturated rings. The Labute approximate surface area is 188 Å². The van der Waals surface area contributed by atoms with Crippen LogP contribution in [0, 0.1) is 0 Å². The number of methoxy groups -OCH3 is 3. The van der Waals surface area contributed by atoms with E-state index in [2.05, 4.69) is 29.2 Å². The van der Waals surface area contributed by atoms with Gasteiger partial charge in [0.05, 0.1) is 27.4 Å². The molecule has 168 valence electrons. The smallest absolute Gasteiger partial charge is 0.320 e. The van der Waals surface area contributed by atoms with Crippen molar-refractivity contribution >= 4 is 16.7 Å². The molecule has 0 radical (unpaired) electrons. The van der Waals surface area contributed by atoms with Crippen molar-refractivity contribution in [2.45, 2.75) is 31.3 Å². The average molecular weight is 436 g/mol. The van der Waals surface area contributed by atoms with Crippen molar-refractivity contribution < 1.29 is 24.1 Å². The number of piperidine rings is 1. The first-order chi connectivity index (χ1) is 15.6. The van der Waals surface area contributed by atoms with Crippen LogP contribution in [0.1, 0.15) is 36.4 Å². The standard InChI is InChI=1S/C26H29NO5/c1-30-22-15-14-20(24(31-2)25(22)32-3)23(27-16-7-6-13-21(27)26(28)29)19-12-8-10-17-9-4-5-11-18(17)19/h4-5,8-12,14-15,21,23H,6-7,13,16H2,1-3H3,(H,28,29). The van der Waals surface area contributed by atoms with Crippen LogP contribution in [-0.2, 0) is 4.79 Å². The Bertz CT molecular complexity index is 1110. The topological polar surface area (TPSA) is 68.2 Å². The molecule has 1 N–H and O–H groups in total. The van der Waals surface area contributed by atoms with Crippen molar-refractivity contribution in [3.63, 3.8) is 0 Å². The summed E-state index contributed by atoms with van der Waals surface area (Å²) >= 11 is 0. The first-order valence-electron chi connectivity index (χ1n) is 10.9. The fraction of sp³-hybridized carbons (Fsp3) is 0.346. The maximum absolute atomic E-state index is 12.3. The molecule has 0 aromatic heterocycles. The van der Waals surface area contributed by atoms with Crippen LogP contribution in [0.15, 0.2) is 54.6 Å². The second-order valence-corrected chi connectivity index (χ2v) is 7.98. The minimum Gasteiger partial charge on any atom is -0.493 e. The number of hydrogen-bond donors (Lipinski definition) is 1. The number of hydrogen-bond acceptors (Lipinski definition) is 5. The van der Waals surface area contributed by atoms with E-state index in [-0.39, 0.29) is 6.04 Å². The molecular formula is C26H29NO5. The van der Waals surface area contributed by atoms with Gasteiger partial charge in [-0.1, -0.05) is 48.9 Å². The van der Waals surface area contributed by atoms with Crippen LogP contribution < -0.4 is 14.2 Å². The van der Waals surface area contributed by atoms with E-state index >= 15 is 0 Å². The zero-order valence-corrected chi connectivity index (χ0v) is 18.7. The lowest BCUT2D eigenvalue weighted by Gasteiger charge is -2.40. The molecule has 1 saturated heterocycles. The highest BCUT2D eigenvalue weighted by molar-refractivity contribution is 5.87. The van der Waals surface area contributed by atoms with Crippen LogP contribution in [0.2, 0.25) is 0 Å². The minimum atomic E-state index is -0.797. The van der Waals surface area contributed by atoms with E-state index in [1.807, 2.05) is 30.3 Å². The lowest BCUT2D eigenvalue weighted by Crippen LogP contribution is -2.47. The van der Waals surface area contributed by atoms with Crippen LogP contribution in [0.3, 0.4) is 0 Å². The third-order valence-electron chi connectivity index (χ3n) is 6.31. The van der Waals surface area contributed by atoms with Crippen LogP contribution in [-0.4, -0.2) is 49.9 Å². The van der Waals surface area contributed by atoms with Gasteiger partial charge in [0.15, 0.2) is 11.5 Å². The summed E-state index contributed by atoms with van der Waals surface area (Å²) in [5.74, 6) is 0.827. The van der Waals surface area contributed by atoms with Gasteiger partial charge in [-0.3, -0.25) is 9.69 Å². The Morgan fingerprint density at radius 2 is 1.66 bits per heavy atom. The number of carboxylic acid groups (broad SMARTS) is 1. The molecule has 1 aliphatic rings. The van der Waals surface area contributed by atoms with Gasteiger partial charge in [0.2, 0.25) is 5.75 Å². The number of nitrogens with zero attached hydrogens (tertiary/aromatic N) is 1. The Kier molecular flexibility index (Phi) is 6.51. The number of ether oxygens (including phenoxy) is 3. The van der Waals surface area contributed by atoms with Crippen molar-refractivity contribution in [2.24, 2.45) is 0 Å². The highest BCUT2D eigenvalue weighted by atomic mass is 16.5. The Morgan fingerprint density at radius 1 is 0.906 bits per heavy atom. The fourth-order valence-corrected chi connectivity index (χ4v) is 4.88. The zero-order chi connectivity index (χ0) is 22.7. The molecule has 0 aliphatic carbocycles. The molecular weight excluding hydrogens is 406 g/mol. The van der Waals surface area contributed by atoms with Gasteiger partial charge >= 0.3 is 5.97 Å². The van der Waals surface area contributed by atoms with Gasteiger partial charge in [0.1, 0.15) is 6.04 Å². The van der Waals surface area contributed by atoms with Gasteiger partial charge in [0.25, 0.3) is 0 Å². The molecule has 6 heteroatoms. The number of fused-ring (bicyclic) bond motifs is 1. The van der Waals surface area contributed by atoms with Crippen LogP contribution >= 0.6 is 0 Å². The molecule has 32 heavy (non-hydrogen) atoms. The third kappa shape index (κ3) is 3.86. The SMILES string of the molecule is COc1ccc(C(c2cccc3ccccc23)N2CCCCC2C(=O)O)c(OC)c1OC. The van der Waals surface area contributed by atoms with E-state index < -0.39 is 12.0 Å². The Balaban J connectivity index is 2.00. The number of benzene rings is 3. The molecule has 0 bridgehead atoms. The third-order valence-corrected chi connectivity index (χ3v) is 6.31. The zero-order valence-electron chi connectivity index (χ0n) is 18.7. The largest absolute Gasteiger partial charge is 0.493 e. The van der Waals surface area contributed by atoms with Crippen molar-refractivity contribution in [3.8, 4) is 17.2 Å². The first-order valence-corrected chi connectivity index (χ1v) is 10.9. The fourth-order valence-electron chi connectivity index (χ4n) is 4.88. The van der Waals surface area contributed by atoms with Crippen LogP contribution in [0.4, 0.5) is 0 Å². The molecule has 6 nitrogen and oxygen atoms in total. The van der Waals surface area contributed by atoms with Crippen molar-refractivity contribution in [1.82, 2.24) is 4.90 Å². The average Bonchev–Trinajstić information content (AvgIpc) is 2.84. The molecule has 0 saturated carbocycles. The van der Waals surface area contributed by atoms with Crippen LogP contribution in [0.25, 0.3) is 10.8 Å². The van der Waals surface area contributed by atoms with E-state index in [4.69, 9.17) is 14.2 Å². The van der Waals surface area contributed by atoms with Gasteiger partial charge in [-0.2, -0.15) is 0 Å². The number of rotatable bonds is 7. The highest BCUT2D eigenvalue weighted by Crippen LogP contribution is 2.47. The van der Waals surface area contributed by atoms with Gasteiger partial charge in [-0.15, -0.1) is 0 Å². The normalized spacial score (nSPS) is 17.7. The molecule has 0 amide bonds. The predicted octanol–water partition coefficient (Wildman–Crippen LogP) is 4.89. The number of likely N-dealkylation sites (tertiary alicyclic amines) is 1. The lowest BCUT2D eigenvalue weighted by molar-refractivity contribution is -0.145. The summed E-state index contributed by atoms with van der Waals surface area (Å²) in [7, 11) is 4.77. The summed E-state index contributed by atoms with van der Waals surface area (Å²) in [6.07, 6.45) is 2.46. The van der Waals surface area contributed by atoms with E-state index in [9.17, 15) is 9.90 Å². The quantitative estimate of drug-likeness (QED) is 0.570. The molecule has 1 aliphatic heterocycles. The monoisotopic (exact) mass is 435 g/mol. The van der Waals surface area contributed by atoms with Crippen molar-refractivity contribution in [2.75, 3.05) is 27.9 Å². The number of carbonyl (C=O) groups is 1. The maximum Gasteiger partial charge on any atom is 0.320 e. The minimum absolute atomic E-state index is 0.322. The van der Waals surface area contributed by atoms with Crippen molar-refractivity contribution in [1.29, 1.82) is 0 Å². The van der Waals surface area contributed by atoms with Gasteiger partial charge < -0.3 is 19.3 Å². The van der Waals surface area contributed by atoms with E-state index in [1.165, 1.54) is 0 Å². The van der Waals surface area contributed by atoms with E-state index in [1.54, 1.807) is 21.3 Å². The molecule has 3 aromatic carbocycles. The van der Waals surface area contributed by atoms with E-state index in [0.29, 0.717) is 30.2 Å². The van der Waals surface area contributed by atoms with Gasteiger partial charge in [0, 0.05) is 5.56 Å². The van der Waals surface area contributed by atoms with E-state index in [0.717, 1.165) is 34.7 Å². The number of aliphatic carboxylic acids is 1. The predicted molar refractivity (Wildman–Crippen MR) is 124 cm³/mol. The molecule has 1 heterocycles. The summed E-state index contributed by atoms with van der Waals surface area (Å²) in [4.78, 5) is 14.4. The lowest BCUT2D eigenvalue weighted by atomic mass is 9.88. The maximum atomic E-state index is 12.3.